The third kappa shape index (κ3) is 5.96. The van der Waals surface area contributed by atoms with E-state index in [2.05, 4.69) is 44.0 Å². The highest BCUT2D eigenvalue weighted by Gasteiger charge is 2.05. The van der Waals surface area contributed by atoms with E-state index in [0.29, 0.717) is 5.92 Å². The molecule has 2 heteroatoms. The zero-order valence-electron chi connectivity index (χ0n) is 10.9. The van der Waals surface area contributed by atoms with Crippen molar-refractivity contribution in [3.63, 3.8) is 0 Å². The average molecular weight is 223 g/mol. The van der Waals surface area contributed by atoms with E-state index >= 15 is 0 Å². The summed E-state index contributed by atoms with van der Waals surface area (Å²) in [6.07, 6.45) is 9.32. The molecule has 16 heavy (non-hydrogen) atoms. The zero-order chi connectivity index (χ0) is 11.8. The fourth-order valence-electron chi connectivity index (χ4n) is 1.73. The van der Waals surface area contributed by atoms with Gasteiger partial charge in [0.1, 0.15) is 0 Å². The number of morpholine rings is 1. The molecule has 0 aromatic rings. The van der Waals surface area contributed by atoms with Gasteiger partial charge >= 0.3 is 0 Å². The van der Waals surface area contributed by atoms with Gasteiger partial charge in [0.05, 0.1) is 13.2 Å². The highest BCUT2D eigenvalue weighted by atomic mass is 16.5. The largest absolute Gasteiger partial charge is 0.378 e. The molecule has 0 spiro atoms. The Balaban J connectivity index is 2.19. The molecule has 0 bridgehead atoms. The molecule has 1 heterocycles. The quantitative estimate of drug-likeness (QED) is 0.664. The zero-order valence-corrected chi connectivity index (χ0v) is 10.9. The normalized spacial score (nSPS) is 18.8. The van der Waals surface area contributed by atoms with E-state index in [9.17, 15) is 0 Å². The summed E-state index contributed by atoms with van der Waals surface area (Å²) in [5, 5.41) is 0. The van der Waals surface area contributed by atoms with Gasteiger partial charge in [-0.1, -0.05) is 24.6 Å². The fraction of sp³-hybridized carbons (Fsp3) is 0.714. The Morgan fingerprint density at radius 2 is 2.00 bits per heavy atom. The number of allylic oxidation sites excluding steroid dienone is 3. The van der Waals surface area contributed by atoms with Crippen molar-refractivity contribution < 1.29 is 4.74 Å². The van der Waals surface area contributed by atoms with Crippen LogP contribution in [0.25, 0.3) is 0 Å². The number of rotatable bonds is 5. The van der Waals surface area contributed by atoms with Crippen molar-refractivity contribution in [1.29, 1.82) is 0 Å². The number of ether oxygens (including phenoxy) is 1. The Labute approximate surface area is 100.0 Å². The minimum absolute atomic E-state index is 0.665. The maximum absolute atomic E-state index is 5.31. The van der Waals surface area contributed by atoms with E-state index < -0.39 is 0 Å². The van der Waals surface area contributed by atoms with Gasteiger partial charge in [-0.15, -0.1) is 0 Å². The lowest BCUT2D eigenvalue weighted by atomic mass is 10.0. The molecular formula is C14H25NO. The van der Waals surface area contributed by atoms with Gasteiger partial charge in [0.15, 0.2) is 0 Å². The SMILES string of the molecule is CC(C)=CCCC(C)C=CN1CCOCC1. The van der Waals surface area contributed by atoms with Gasteiger partial charge < -0.3 is 9.64 Å². The van der Waals surface area contributed by atoms with Crippen LogP contribution in [0.5, 0.6) is 0 Å². The van der Waals surface area contributed by atoms with Crippen LogP contribution in [-0.2, 0) is 4.74 Å². The van der Waals surface area contributed by atoms with Crippen molar-refractivity contribution >= 4 is 0 Å². The summed E-state index contributed by atoms with van der Waals surface area (Å²) in [7, 11) is 0. The van der Waals surface area contributed by atoms with E-state index in [4.69, 9.17) is 4.74 Å². The van der Waals surface area contributed by atoms with Crippen LogP contribution < -0.4 is 0 Å². The predicted octanol–water partition coefficient (Wildman–Crippen LogP) is 3.21. The lowest BCUT2D eigenvalue weighted by Gasteiger charge is -2.25. The van der Waals surface area contributed by atoms with Crippen LogP contribution in [0.1, 0.15) is 33.6 Å². The van der Waals surface area contributed by atoms with Crippen LogP contribution in [0.3, 0.4) is 0 Å². The third-order valence-corrected chi connectivity index (χ3v) is 2.85. The lowest BCUT2D eigenvalue weighted by Crippen LogP contribution is -2.32. The standard InChI is InChI=1S/C14H25NO/c1-13(2)5-4-6-14(3)7-8-15-9-11-16-12-10-15/h5,7-8,14H,4,6,9-12H2,1-3H3. The van der Waals surface area contributed by atoms with Gasteiger partial charge in [-0.2, -0.15) is 0 Å². The summed E-state index contributed by atoms with van der Waals surface area (Å²) < 4.78 is 5.31. The summed E-state index contributed by atoms with van der Waals surface area (Å²) in [6.45, 7) is 10.4. The first-order chi connectivity index (χ1) is 7.68. The molecule has 2 nitrogen and oxygen atoms in total. The molecule has 1 rings (SSSR count). The molecule has 1 atom stereocenters. The molecule has 1 fully saturated rings. The minimum atomic E-state index is 0.665. The van der Waals surface area contributed by atoms with E-state index in [1.165, 1.54) is 18.4 Å². The van der Waals surface area contributed by atoms with Crippen molar-refractivity contribution in [2.75, 3.05) is 26.3 Å². The fourth-order valence-corrected chi connectivity index (χ4v) is 1.73. The Morgan fingerprint density at radius 1 is 1.31 bits per heavy atom. The Bertz CT molecular complexity index is 235. The average Bonchev–Trinajstić information content (AvgIpc) is 2.27. The van der Waals surface area contributed by atoms with E-state index in [1.54, 1.807) is 0 Å². The van der Waals surface area contributed by atoms with Crippen molar-refractivity contribution in [1.82, 2.24) is 4.90 Å². The Kier molecular flexibility index (Phi) is 6.24. The van der Waals surface area contributed by atoms with Crippen molar-refractivity contribution in [2.45, 2.75) is 33.6 Å². The van der Waals surface area contributed by atoms with Crippen LogP contribution in [-0.4, -0.2) is 31.2 Å². The second-order valence-electron chi connectivity index (χ2n) is 4.83. The number of hydrogen-bond acceptors (Lipinski definition) is 2. The molecule has 1 aliphatic heterocycles. The van der Waals surface area contributed by atoms with Crippen molar-refractivity contribution in [2.24, 2.45) is 5.92 Å². The first kappa shape index (κ1) is 13.3. The molecule has 0 aromatic heterocycles. The van der Waals surface area contributed by atoms with Crippen LogP contribution >= 0.6 is 0 Å². The molecule has 0 aromatic carbocycles. The molecule has 0 saturated carbocycles. The molecule has 0 N–H and O–H groups in total. The highest BCUT2D eigenvalue weighted by molar-refractivity contribution is 4.94. The third-order valence-electron chi connectivity index (χ3n) is 2.85. The maximum atomic E-state index is 5.31. The Hall–Kier alpha value is -0.760. The minimum Gasteiger partial charge on any atom is -0.378 e. The van der Waals surface area contributed by atoms with Gasteiger partial charge in [0, 0.05) is 13.1 Å². The van der Waals surface area contributed by atoms with Crippen molar-refractivity contribution in [3.05, 3.63) is 23.9 Å². The number of nitrogens with zero attached hydrogens (tertiary/aromatic N) is 1. The summed E-state index contributed by atoms with van der Waals surface area (Å²) in [5.41, 5.74) is 1.42. The van der Waals surface area contributed by atoms with Gasteiger partial charge in [0.2, 0.25) is 0 Å². The van der Waals surface area contributed by atoms with E-state index in [1.807, 2.05) is 0 Å². The van der Waals surface area contributed by atoms with Crippen LogP contribution in [0.15, 0.2) is 23.9 Å². The molecule has 0 aliphatic carbocycles. The van der Waals surface area contributed by atoms with Crippen LogP contribution in [0.4, 0.5) is 0 Å². The van der Waals surface area contributed by atoms with Gasteiger partial charge in [-0.3, -0.25) is 0 Å². The first-order valence-corrected chi connectivity index (χ1v) is 6.32. The van der Waals surface area contributed by atoms with Gasteiger partial charge in [-0.05, 0) is 38.8 Å². The molecule has 1 unspecified atom stereocenters. The van der Waals surface area contributed by atoms with Gasteiger partial charge in [-0.25, -0.2) is 0 Å². The molecule has 1 saturated heterocycles. The first-order valence-electron chi connectivity index (χ1n) is 6.32. The molecule has 92 valence electrons. The monoisotopic (exact) mass is 223 g/mol. The summed E-state index contributed by atoms with van der Waals surface area (Å²) in [4.78, 5) is 2.35. The van der Waals surface area contributed by atoms with Crippen LogP contribution in [0, 0.1) is 5.92 Å². The molecule has 1 aliphatic rings. The topological polar surface area (TPSA) is 12.5 Å². The second kappa shape index (κ2) is 7.50. The van der Waals surface area contributed by atoms with Crippen molar-refractivity contribution in [3.8, 4) is 0 Å². The van der Waals surface area contributed by atoms with E-state index in [-0.39, 0.29) is 0 Å². The summed E-state index contributed by atoms with van der Waals surface area (Å²) in [5.74, 6) is 0.665. The molecule has 0 radical (unpaired) electrons. The molecule has 0 amide bonds. The van der Waals surface area contributed by atoms with Crippen LogP contribution in [0.2, 0.25) is 0 Å². The summed E-state index contributed by atoms with van der Waals surface area (Å²) >= 11 is 0. The smallest absolute Gasteiger partial charge is 0.0642 e. The highest BCUT2D eigenvalue weighted by Crippen LogP contribution is 2.10. The Morgan fingerprint density at radius 3 is 2.62 bits per heavy atom. The second-order valence-corrected chi connectivity index (χ2v) is 4.83. The predicted molar refractivity (Wildman–Crippen MR) is 69.4 cm³/mol. The van der Waals surface area contributed by atoms with Gasteiger partial charge in [0.25, 0.3) is 0 Å². The maximum Gasteiger partial charge on any atom is 0.0642 e. The van der Waals surface area contributed by atoms with E-state index in [0.717, 1.165) is 26.3 Å². The number of hydrogen-bond donors (Lipinski definition) is 0. The molecular weight excluding hydrogens is 198 g/mol. The summed E-state index contributed by atoms with van der Waals surface area (Å²) in [6, 6.07) is 0. The lowest BCUT2D eigenvalue weighted by molar-refractivity contribution is 0.0591.